The molecule has 2 rings (SSSR count). The maximum absolute atomic E-state index is 12.2. The molecule has 1 amide bonds. The minimum atomic E-state index is -0.549. The van der Waals surface area contributed by atoms with Crippen LogP contribution in [0.5, 0.6) is 0 Å². The summed E-state index contributed by atoms with van der Waals surface area (Å²) in [6, 6.07) is 5.35. The van der Waals surface area contributed by atoms with Crippen LogP contribution in [-0.4, -0.2) is 31.7 Å². The fourth-order valence-corrected chi connectivity index (χ4v) is 2.38. The number of hydrogen-bond donors (Lipinski definition) is 2. The van der Waals surface area contributed by atoms with Crippen LogP contribution in [0.3, 0.4) is 0 Å². The van der Waals surface area contributed by atoms with Gasteiger partial charge in [-0.05, 0) is 31.5 Å². The highest BCUT2D eigenvalue weighted by molar-refractivity contribution is 6.42. The van der Waals surface area contributed by atoms with Gasteiger partial charge in [0.25, 0.3) is 5.91 Å². The summed E-state index contributed by atoms with van der Waals surface area (Å²) < 4.78 is 5.44. The van der Waals surface area contributed by atoms with Gasteiger partial charge in [0.1, 0.15) is 6.10 Å². The molecule has 1 fully saturated rings. The van der Waals surface area contributed by atoms with Gasteiger partial charge in [0.15, 0.2) is 0 Å². The van der Waals surface area contributed by atoms with E-state index >= 15 is 0 Å². The fourth-order valence-electron chi connectivity index (χ4n) is 2.08. The summed E-state index contributed by atoms with van der Waals surface area (Å²) in [6.45, 7) is 5.69. The van der Waals surface area contributed by atoms with E-state index in [1.807, 2.05) is 19.9 Å². The summed E-state index contributed by atoms with van der Waals surface area (Å²) >= 11 is 11.9. The number of ether oxygens (including phenoxy) is 1. The molecule has 1 saturated heterocycles. The molecule has 1 aliphatic heterocycles. The summed E-state index contributed by atoms with van der Waals surface area (Å²) in [5, 5.41) is 7.09. The smallest absolute Gasteiger partial charge is 0.251 e. The Balaban J connectivity index is 0.00000220. The van der Waals surface area contributed by atoms with Crippen LogP contribution in [0.4, 0.5) is 0 Å². The van der Waals surface area contributed by atoms with Crippen LogP contribution in [0.2, 0.25) is 10.0 Å². The molecule has 7 heteroatoms. The zero-order chi connectivity index (χ0) is 14.8. The molecule has 21 heavy (non-hydrogen) atoms. The van der Waals surface area contributed by atoms with Crippen molar-refractivity contribution in [2.45, 2.75) is 25.5 Å². The van der Waals surface area contributed by atoms with Crippen molar-refractivity contribution in [3.05, 3.63) is 33.8 Å². The number of nitrogens with one attached hydrogen (secondary N) is 2. The maximum Gasteiger partial charge on any atom is 0.251 e. The van der Waals surface area contributed by atoms with Crippen molar-refractivity contribution >= 4 is 41.5 Å². The predicted molar refractivity (Wildman–Crippen MR) is 87.5 cm³/mol. The molecule has 1 aliphatic rings. The Hall–Kier alpha value is -0.520. The second-order valence-electron chi connectivity index (χ2n) is 5.31. The lowest BCUT2D eigenvalue weighted by molar-refractivity contribution is -0.136. The Bertz CT molecular complexity index is 503. The van der Waals surface area contributed by atoms with Crippen molar-refractivity contribution in [3.8, 4) is 0 Å². The maximum atomic E-state index is 12.2. The number of benzene rings is 1. The van der Waals surface area contributed by atoms with E-state index in [-0.39, 0.29) is 18.3 Å². The summed E-state index contributed by atoms with van der Waals surface area (Å²) in [5.74, 6) is -0.131. The van der Waals surface area contributed by atoms with Crippen LogP contribution in [0.1, 0.15) is 19.4 Å². The monoisotopic (exact) mass is 352 g/mol. The molecule has 0 radical (unpaired) electrons. The summed E-state index contributed by atoms with van der Waals surface area (Å²) in [6.07, 6.45) is -0.453. The quantitative estimate of drug-likeness (QED) is 0.878. The highest BCUT2D eigenvalue weighted by atomic mass is 35.5. The molecule has 1 aromatic rings. The topological polar surface area (TPSA) is 50.4 Å². The number of morpholine rings is 1. The van der Waals surface area contributed by atoms with Crippen molar-refractivity contribution in [1.82, 2.24) is 10.6 Å². The minimum Gasteiger partial charge on any atom is -0.366 e. The summed E-state index contributed by atoms with van der Waals surface area (Å²) in [5.41, 5.74) is 0.343. The van der Waals surface area contributed by atoms with Crippen molar-refractivity contribution in [1.29, 1.82) is 0 Å². The summed E-state index contributed by atoms with van der Waals surface area (Å²) in [7, 11) is 0. The zero-order valence-corrected chi connectivity index (χ0v) is 14.2. The lowest BCUT2D eigenvalue weighted by Gasteiger charge is -2.31. The molecule has 0 bridgehead atoms. The van der Waals surface area contributed by atoms with Gasteiger partial charge in [-0.2, -0.15) is 0 Å². The first-order chi connectivity index (χ1) is 9.40. The molecule has 1 unspecified atom stereocenters. The third-order valence-electron chi connectivity index (χ3n) is 3.30. The first kappa shape index (κ1) is 18.5. The molecule has 1 aromatic carbocycles. The van der Waals surface area contributed by atoms with Gasteiger partial charge in [0.05, 0.1) is 22.2 Å². The number of carbonyl (C=O) groups is 1. The van der Waals surface area contributed by atoms with E-state index in [0.29, 0.717) is 23.2 Å². The van der Waals surface area contributed by atoms with Gasteiger partial charge in [0, 0.05) is 13.1 Å². The van der Waals surface area contributed by atoms with Gasteiger partial charge in [-0.3, -0.25) is 4.79 Å². The van der Waals surface area contributed by atoms with E-state index in [1.54, 1.807) is 12.1 Å². The molecule has 2 N–H and O–H groups in total. The SMILES string of the molecule is CC(C)(NC(=O)C1CNCCO1)c1ccc(Cl)c(Cl)c1.Cl. The van der Waals surface area contributed by atoms with Crippen LogP contribution in [0, 0.1) is 0 Å². The Kier molecular flexibility index (Phi) is 6.75. The van der Waals surface area contributed by atoms with Gasteiger partial charge in [-0.1, -0.05) is 29.3 Å². The van der Waals surface area contributed by atoms with E-state index in [1.165, 1.54) is 0 Å². The van der Waals surface area contributed by atoms with E-state index < -0.39 is 11.6 Å². The van der Waals surface area contributed by atoms with Crippen LogP contribution in [0.15, 0.2) is 18.2 Å². The molecule has 0 spiro atoms. The normalized spacial score (nSPS) is 18.8. The average Bonchev–Trinajstić information content (AvgIpc) is 2.42. The molecular weight excluding hydrogens is 335 g/mol. The number of rotatable bonds is 3. The van der Waals surface area contributed by atoms with Crippen LogP contribution in [0.25, 0.3) is 0 Å². The Labute approximate surface area is 140 Å². The van der Waals surface area contributed by atoms with Crippen molar-refractivity contribution in [3.63, 3.8) is 0 Å². The second-order valence-corrected chi connectivity index (χ2v) is 6.12. The average molecular weight is 354 g/mol. The minimum absolute atomic E-state index is 0. The van der Waals surface area contributed by atoms with Crippen molar-refractivity contribution < 1.29 is 9.53 Å². The Morgan fingerprint density at radius 2 is 2.10 bits per heavy atom. The van der Waals surface area contributed by atoms with E-state index in [2.05, 4.69) is 10.6 Å². The van der Waals surface area contributed by atoms with Crippen molar-refractivity contribution in [2.24, 2.45) is 0 Å². The van der Waals surface area contributed by atoms with E-state index in [4.69, 9.17) is 27.9 Å². The van der Waals surface area contributed by atoms with E-state index in [9.17, 15) is 4.79 Å². The molecule has 1 heterocycles. The molecule has 118 valence electrons. The highest BCUT2D eigenvalue weighted by Crippen LogP contribution is 2.28. The number of carbonyl (C=O) groups excluding carboxylic acids is 1. The van der Waals surface area contributed by atoms with E-state index in [0.717, 1.165) is 12.1 Å². The predicted octanol–water partition coefficient (Wildman–Crippen LogP) is 2.75. The second kappa shape index (κ2) is 7.65. The largest absolute Gasteiger partial charge is 0.366 e. The first-order valence-corrected chi connectivity index (χ1v) is 7.25. The number of halogens is 3. The number of hydrogen-bond acceptors (Lipinski definition) is 3. The van der Waals surface area contributed by atoms with Gasteiger partial charge >= 0.3 is 0 Å². The van der Waals surface area contributed by atoms with Crippen LogP contribution < -0.4 is 10.6 Å². The molecule has 0 aromatic heterocycles. The molecular formula is C14H19Cl3N2O2. The zero-order valence-electron chi connectivity index (χ0n) is 11.9. The molecule has 0 aliphatic carbocycles. The van der Waals surface area contributed by atoms with Crippen LogP contribution >= 0.6 is 35.6 Å². The molecule has 1 atom stereocenters. The summed E-state index contributed by atoms with van der Waals surface area (Å²) in [4.78, 5) is 12.2. The van der Waals surface area contributed by atoms with Gasteiger partial charge < -0.3 is 15.4 Å². The molecule has 0 saturated carbocycles. The molecule has 4 nitrogen and oxygen atoms in total. The van der Waals surface area contributed by atoms with Gasteiger partial charge in [-0.15, -0.1) is 12.4 Å². The standard InChI is InChI=1S/C14H18Cl2N2O2.ClH/c1-14(2,9-3-4-10(15)11(16)7-9)18-13(19)12-8-17-5-6-20-12;/h3-4,7,12,17H,5-6,8H2,1-2H3,(H,18,19);1H. The lowest BCUT2D eigenvalue weighted by Crippen LogP contribution is -2.52. The Morgan fingerprint density at radius 1 is 1.38 bits per heavy atom. The first-order valence-electron chi connectivity index (χ1n) is 6.50. The highest BCUT2D eigenvalue weighted by Gasteiger charge is 2.29. The van der Waals surface area contributed by atoms with Gasteiger partial charge in [0.2, 0.25) is 0 Å². The number of amides is 1. The fraction of sp³-hybridized carbons (Fsp3) is 0.500. The third kappa shape index (κ3) is 4.73. The lowest BCUT2D eigenvalue weighted by atomic mass is 9.94. The Morgan fingerprint density at radius 3 is 2.67 bits per heavy atom. The van der Waals surface area contributed by atoms with Crippen LogP contribution in [-0.2, 0) is 15.1 Å². The van der Waals surface area contributed by atoms with Crippen molar-refractivity contribution in [2.75, 3.05) is 19.7 Å². The third-order valence-corrected chi connectivity index (χ3v) is 4.04. The van der Waals surface area contributed by atoms with Gasteiger partial charge in [-0.25, -0.2) is 0 Å².